The largest absolute Gasteiger partial charge is 0.505 e. The maximum absolute atomic E-state index is 11.4. The molecule has 0 aliphatic carbocycles. The van der Waals surface area contributed by atoms with Crippen LogP contribution in [0, 0.1) is 6.57 Å². The Balaban J connectivity index is 3.15. The molecule has 0 amide bonds. The number of aromatic hydroxyl groups is 1. The first-order valence-corrected chi connectivity index (χ1v) is 5.69. The van der Waals surface area contributed by atoms with Gasteiger partial charge in [-0.25, -0.2) is 4.85 Å². The lowest BCUT2D eigenvalue weighted by molar-refractivity contribution is -0.138. The first kappa shape index (κ1) is 14.4. The highest BCUT2D eigenvalue weighted by atomic mass is 35.5. The highest BCUT2D eigenvalue weighted by molar-refractivity contribution is 6.37. The van der Waals surface area contributed by atoms with Crippen LogP contribution in [0.1, 0.15) is 12.5 Å². The SMILES string of the molecule is [C-]#[N+]C(=Cc1cc(Cl)c(O)c(Cl)c1)C(=O)OCC. The fourth-order valence-corrected chi connectivity index (χ4v) is 1.67. The lowest BCUT2D eigenvalue weighted by atomic mass is 10.2. The molecule has 1 N–H and O–H groups in total. The molecule has 0 atom stereocenters. The van der Waals surface area contributed by atoms with E-state index in [1.54, 1.807) is 6.92 Å². The molecule has 0 saturated heterocycles. The maximum atomic E-state index is 11.4. The molecule has 0 heterocycles. The molecule has 0 fully saturated rings. The van der Waals surface area contributed by atoms with E-state index in [1.807, 2.05) is 0 Å². The van der Waals surface area contributed by atoms with Crippen molar-refractivity contribution in [2.24, 2.45) is 0 Å². The third-order valence-electron chi connectivity index (χ3n) is 1.95. The molecule has 0 aliphatic heterocycles. The average Bonchev–Trinajstić information content (AvgIpc) is 2.33. The first-order valence-electron chi connectivity index (χ1n) is 4.93. The Labute approximate surface area is 114 Å². The van der Waals surface area contributed by atoms with E-state index < -0.39 is 5.97 Å². The second-order valence-corrected chi connectivity index (χ2v) is 4.01. The smallest absolute Gasteiger partial charge is 0.336 e. The van der Waals surface area contributed by atoms with E-state index >= 15 is 0 Å². The number of halogens is 2. The van der Waals surface area contributed by atoms with Crippen molar-refractivity contribution in [3.63, 3.8) is 0 Å². The highest BCUT2D eigenvalue weighted by Gasteiger charge is 2.12. The summed E-state index contributed by atoms with van der Waals surface area (Å²) >= 11 is 11.5. The third kappa shape index (κ3) is 3.39. The molecule has 0 bridgehead atoms. The van der Waals surface area contributed by atoms with Gasteiger partial charge in [-0.3, -0.25) is 4.79 Å². The number of ether oxygens (including phenoxy) is 1. The van der Waals surface area contributed by atoms with Gasteiger partial charge in [0.25, 0.3) is 5.70 Å². The van der Waals surface area contributed by atoms with Crippen LogP contribution in [0.2, 0.25) is 10.0 Å². The van der Waals surface area contributed by atoms with Gasteiger partial charge in [-0.1, -0.05) is 23.2 Å². The van der Waals surface area contributed by atoms with E-state index in [0.29, 0.717) is 5.56 Å². The number of carbonyl (C=O) groups excluding carboxylic acids is 1. The molecule has 0 aliphatic rings. The molecule has 0 saturated carbocycles. The van der Waals surface area contributed by atoms with Gasteiger partial charge in [-0.05, 0) is 30.7 Å². The number of hydrogen-bond donors (Lipinski definition) is 1. The van der Waals surface area contributed by atoms with Crippen LogP contribution in [-0.2, 0) is 9.53 Å². The van der Waals surface area contributed by atoms with Crippen molar-refractivity contribution in [3.05, 3.63) is 44.9 Å². The van der Waals surface area contributed by atoms with Crippen molar-refractivity contribution in [1.82, 2.24) is 0 Å². The number of nitrogens with zero attached hydrogens (tertiary/aromatic N) is 1. The topological polar surface area (TPSA) is 50.9 Å². The van der Waals surface area contributed by atoms with Crippen LogP contribution in [-0.4, -0.2) is 17.7 Å². The van der Waals surface area contributed by atoms with Gasteiger partial charge < -0.3 is 9.84 Å². The summed E-state index contributed by atoms with van der Waals surface area (Å²) in [4.78, 5) is 14.5. The van der Waals surface area contributed by atoms with E-state index in [2.05, 4.69) is 4.85 Å². The number of carbonyl (C=O) groups is 1. The molecule has 0 unspecified atom stereocenters. The van der Waals surface area contributed by atoms with Crippen molar-refractivity contribution < 1.29 is 14.6 Å². The Bertz CT molecular complexity index is 524. The summed E-state index contributed by atoms with van der Waals surface area (Å²) < 4.78 is 4.71. The van der Waals surface area contributed by atoms with Crippen LogP contribution >= 0.6 is 23.2 Å². The Hall–Kier alpha value is -1.70. The molecule has 0 aromatic heterocycles. The zero-order valence-corrected chi connectivity index (χ0v) is 10.9. The molecular weight excluding hydrogens is 277 g/mol. The standard InChI is InChI=1S/C12H9Cl2NO3/c1-3-18-12(17)10(15-2)6-7-4-8(13)11(16)9(14)5-7/h4-6,16H,3H2,1H3. The third-order valence-corrected chi connectivity index (χ3v) is 2.52. The lowest BCUT2D eigenvalue weighted by Gasteiger charge is -2.03. The van der Waals surface area contributed by atoms with Gasteiger partial charge in [0.15, 0.2) is 5.75 Å². The molecular formula is C12H9Cl2NO3. The summed E-state index contributed by atoms with van der Waals surface area (Å²) in [6.45, 7) is 8.74. The zero-order chi connectivity index (χ0) is 13.7. The lowest BCUT2D eigenvalue weighted by Crippen LogP contribution is -2.04. The van der Waals surface area contributed by atoms with Crippen molar-refractivity contribution in [1.29, 1.82) is 0 Å². The second kappa shape index (κ2) is 6.29. The number of esters is 1. The zero-order valence-electron chi connectivity index (χ0n) is 9.41. The maximum Gasteiger partial charge on any atom is 0.336 e. The van der Waals surface area contributed by atoms with Crippen LogP contribution in [0.4, 0.5) is 0 Å². The number of rotatable bonds is 3. The molecule has 1 rings (SSSR count). The molecule has 0 radical (unpaired) electrons. The Morgan fingerprint density at radius 2 is 2.06 bits per heavy atom. The minimum absolute atomic E-state index is 0.0435. The van der Waals surface area contributed by atoms with Crippen molar-refractivity contribution in [2.45, 2.75) is 6.92 Å². The van der Waals surface area contributed by atoms with Crippen molar-refractivity contribution in [2.75, 3.05) is 6.61 Å². The Morgan fingerprint density at radius 1 is 1.50 bits per heavy atom. The summed E-state index contributed by atoms with van der Waals surface area (Å²) in [5.41, 5.74) is 0.247. The summed E-state index contributed by atoms with van der Waals surface area (Å²) in [6.07, 6.45) is 1.29. The summed E-state index contributed by atoms with van der Waals surface area (Å²) in [5, 5.41) is 9.47. The molecule has 1 aromatic carbocycles. The van der Waals surface area contributed by atoms with E-state index in [1.165, 1.54) is 18.2 Å². The predicted molar refractivity (Wildman–Crippen MR) is 69.3 cm³/mol. The molecule has 6 heteroatoms. The molecule has 1 aromatic rings. The number of phenolic OH excluding ortho intramolecular Hbond substituents is 1. The summed E-state index contributed by atoms with van der Waals surface area (Å²) in [5.74, 6) is -0.955. The Morgan fingerprint density at radius 3 is 2.50 bits per heavy atom. The summed E-state index contributed by atoms with van der Waals surface area (Å²) in [6, 6.07) is 2.79. The number of benzene rings is 1. The first-order chi connectivity index (χ1) is 8.49. The van der Waals surface area contributed by atoms with Crippen LogP contribution in [0.5, 0.6) is 5.75 Å². The molecule has 18 heavy (non-hydrogen) atoms. The molecule has 4 nitrogen and oxygen atoms in total. The minimum atomic E-state index is -0.715. The normalized spacial score (nSPS) is 10.9. The van der Waals surface area contributed by atoms with Crippen molar-refractivity contribution in [3.8, 4) is 5.75 Å². The van der Waals surface area contributed by atoms with Crippen molar-refractivity contribution >= 4 is 35.2 Å². The van der Waals surface area contributed by atoms with Gasteiger partial charge in [0.2, 0.25) is 0 Å². The van der Waals surface area contributed by atoms with Gasteiger partial charge in [-0.15, -0.1) is 0 Å². The molecule has 0 spiro atoms. The number of hydrogen-bond acceptors (Lipinski definition) is 3. The van der Waals surface area contributed by atoms with Gasteiger partial charge >= 0.3 is 5.97 Å². The van der Waals surface area contributed by atoms with E-state index in [9.17, 15) is 9.90 Å². The van der Waals surface area contributed by atoms with Crippen LogP contribution < -0.4 is 0 Å². The van der Waals surface area contributed by atoms with E-state index in [0.717, 1.165) is 0 Å². The average molecular weight is 286 g/mol. The predicted octanol–water partition coefficient (Wildman–Crippen LogP) is 3.52. The highest BCUT2D eigenvalue weighted by Crippen LogP contribution is 2.33. The monoisotopic (exact) mass is 285 g/mol. The summed E-state index contributed by atoms with van der Waals surface area (Å²) in [7, 11) is 0. The fourth-order valence-electron chi connectivity index (χ4n) is 1.17. The van der Waals surface area contributed by atoms with Crippen LogP contribution in [0.25, 0.3) is 10.9 Å². The van der Waals surface area contributed by atoms with Crippen LogP contribution in [0.3, 0.4) is 0 Å². The van der Waals surface area contributed by atoms with E-state index in [-0.39, 0.29) is 28.1 Å². The van der Waals surface area contributed by atoms with Crippen LogP contribution in [0.15, 0.2) is 17.8 Å². The molecule has 94 valence electrons. The Kier molecular flexibility index (Phi) is 5.02. The second-order valence-electron chi connectivity index (χ2n) is 3.20. The minimum Gasteiger partial charge on any atom is -0.505 e. The fraction of sp³-hybridized carbons (Fsp3) is 0.167. The van der Waals surface area contributed by atoms with E-state index in [4.69, 9.17) is 34.5 Å². The van der Waals surface area contributed by atoms with Gasteiger partial charge in [0.05, 0.1) is 23.2 Å². The quantitative estimate of drug-likeness (QED) is 0.525. The van der Waals surface area contributed by atoms with Gasteiger partial charge in [-0.2, -0.15) is 0 Å². The number of phenols is 1. The van der Waals surface area contributed by atoms with Gasteiger partial charge in [0, 0.05) is 0 Å². The van der Waals surface area contributed by atoms with Gasteiger partial charge in [0.1, 0.15) is 0 Å².